The van der Waals surface area contributed by atoms with Crippen LogP contribution in [0.15, 0.2) is 29.1 Å². The lowest BCUT2D eigenvalue weighted by Gasteiger charge is -2.20. The molecule has 8 nitrogen and oxygen atoms in total. The van der Waals surface area contributed by atoms with E-state index >= 15 is 0 Å². The molecular formula is C18H24N6O2. The van der Waals surface area contributed by atoms with Crippen LogP contribution in [0.4, 0.5) is 0 Å². The number of amides is 1. The van der Waals surface area contributed by atoms with E-state index in [4.69, 9.17) is 0 Å². The summed E-state index contributed by atoms with van der Waals surface area (Å²) in [5.74, 6) is 1.17. The SMILES string of the molecule is CCN(CC(=O)NC(C)C)Cc1nnc2n(C)c(=O)c3ccccc3n12. The first-order chi connectivity index (χ1) is 12.4. The number of aromatic nitrogens is 4. The maximum atomic E-state index is 12.5. The van der Waals surface area contributed by atoms with Gasteiger partial charge in [-0.15, -0.1) is 10.2 Å². The third kappa shape index (κ3) is 3.32. The molecule has 0 atom stereocenters. The minimum Gasteiger partial charge on any atom is -0.353 e. The Hall–Kier alpha value is -2.74. The molecule has 26 heavy (non-hydrogen) atoms. The molecule has 0 spiro atoms. The van der Waals surface area contributed by atoms with Gasteiger partial charge < -0.3 is 5.32 Å². The summed E-state index contributed by atoms with van der Waals surface area (Å²) in [5, 5.41) is 12.0. The first-order valence-corrected chi connectivity index (χ1v) is 8.75. The topological polar surface area (TPSA) is 84.5 Å². The average Bonchev–Trinajstić information content (AvgIpc) is 3.02. The van der Waals surface area contributed by atoms with Crippen LogP contribution in [0.1, 0.15) is 26.6 Å². The summed E-state index contributed by atoms with van der Waals surface area (Å²) in [7, 11) is 1.69. The van der Waals surface area contributed by atoms with Gasteiger partial charge in [0.15, 0.2) is 5.82 Å². The lowest BCUT2D eigenvalue weighted by Crippen LogP contribution is -2.40. The van der Waals surface area contributed by atoms with Gasteiger partial charge in [-0.3, -0.25) is 23.5 Å². The van der Waals surface area contributed by atoms with Crippen molar-refractivity contribution in [1.29, 1.82) is 0 Å². The summed E-state index contributed by atoms with van der Waals surface area (Å²) < 4.78 is 3.39. The van der Waals surface area contributed by atoms with E-state index in [9.17, 15) is 9.59 Å². The highest BCUT2D eigenvalue weighted by Gasteiger charge is 2.17. The first-order valence-electron chi connectivity index (χ1n) is 8.75. The smallest absolute Gasteiger partial charge is 0.262 e. The highest BCUT2D eigenvalue weighted by atomic mass is 16.2. The number of nitrogens with zero attached hydrogens (tertiary/aromatic N) is 5. The van der Waals surface area contributed by atoms with Crippen molar-refractivity contribution >= 4 is 22.6 Å². The van der Waals surface area contributed by atoms with Crippen molar-refractivity contribution in [3.8, 4) is 0 Å². The summed E-state index contributed by atoms with van der Waals surface area (Å²) in [4.78, 5) is 26.6. The summed E-state index contributed by atoms with van der Waals surface area (Å²) in [5.41, 5.74) is 0.670. The van der Waals surface area contributed by atoms with Gasteiger partial charge in [-0.25, -0.2) is 0 Å². The Morgan fingerprint density at radius 1 is 1.27 bits per heavy atom. The molecule has 1 amide bonds. The maximum absolute atomic E-state index is 12.5. The number of carbonyl (C=O) groups excluding carboxylic acids is 1. The van der Waals surface area contributed by atoms with Gasteiger partial charge in [0.25, 0.3) is 5.56 Å². The van der Waals surface area contributed by atoms with Crippen LogP contribution in [0, 0.1) is 0 Å². The van der Waals surface area contributed by atoms with Crippen molar-refractivity contribution in [2.24, 2.45) is 7.05 Å². The molecule has 0 radical (unpaired) electrons. The van der Waals surface area contributed by atoms with E-state index in [-0.39, 0.29) is 24.1 Å². The van der Waals surface area contributed by atoms with Crippen molar-refractivity contribution in [3.63, 3.8) is 0 Å². The Balaban J connectivity index is 2.00. The Kier molecular flexibility index (Phi) is 5.03. The van der Waals surface area contributed by atoms with Crippen molar-refractivity contribution < 1.29 is 4.79 Å². The van der Waals surface area contributed by atoms with Gasteiger partial charge in [0.2, 0.25) is 11.7 Å². The number of hydrogen-bond donors (Lipinski definition) is 1. The third-order valence-corrected chi connectivity index (χ3v) is 4.32. The van der Waals surface area contributed by atoms with Gasteiger partial charge in [0, 0.05) is 13.1 Å². The van der Waals surface area contributed by atoms with Crippen molar-refractivity contribution in [2.45, 2.75) is 33.4 Å². The second-order valence-electron chi connectivity index (χ2n) is 6.66. The third-order valence-electron chi connectivity index (χ3n) is 4.32. The van der Waals surface area contributed by atoms with Crippen LogP contribution in [0.5, 0.6) is 0 Å². The first kappa shape index (κ1) is 18.1. The molecule has 2 heterocycles. The highest BCUT2D eigenvalue weighted by molar-refractivity contribution is 5.80. The molecule has 1 N–H and O–H groups in total. The van der Waals surface area contributed by atoms with E-state index in [1.165, 1.54) is 4.57 Å². The van der Waals surface area contributed by atoms with Gasteiger partial charge >= 0.3 is 0 Å². The van der Waals surface area contributed by atoms with Crippen molar-refractivity contribution in [3.05, 3.63) is 40.4 Å². The standard InChI is InChI=1S/C18H24N6O2/c1-5-23(11-16(25)19-12(2)3)10-15-20-21-18-22(4)17(26)13-8-6-7-9-14(13)24(15)18/h6-9,12H,5,10-11H2,1-4H3,(H,19,25). The lowest BCUT2D eigenvalue weighted by molar-refractivity contribution is -0.122. The van der Waals surface area contributed by atoms with Gasteiger partial charge in [0.1, 0.15) is 0 Å². The minimum atomic E-state index is -0.101. The molecule has 0 aliphatic carbocycles. The maximum Gasteiger partial charge on any atom is 0.262 e. The molecule has 3 rings (SSSR count). The molecule has 0 aliphatic rings. The predicted molar refractivity (Wildman–Crippen MR) is 100.0 cm³/mol. The molecule has 138 valence electrons. The number of rotatable bonds is 6. The molecule has 0 aliphatic heterocycles. The van der Waals surface area contributed by atoms with E-state index in [2.05, 4.69) is 15.5 Å². The molecule has 0 unspecified atom stereocenters. The van der Waals surface area contributed by atoms with E-state index in [0.29, 0.717) is 30.1 Å². The largest absolute Gasteiger partial charge is 0.353 e. The fourth-order valence-corrected chi connectivity index (χ4v) is 3.04. The molecule has 8 heteroatoms. The number of para-hydroxylation sites is 1. The zero-order chi connectivity index (χ0) is 18.8. The van der Waals surface area contributed by atoms with Gasteiger partial charge in [0.05, 0.1) is 24.0 Å². The van der Waals surface area contributed by atoms with Gasteiger partial charge in [-0.1, -0.05) is 19.1 Å². The summed E-state index contributed by atoms with van der Waals surface area (Å²) in [6, 6.07) is 7.52. The molecule has 2 aromatic heterocycles. The fourth-order valence-electron chi connectivity index (χ4n) is 3.04. The van der Waals surface area contributed by atoms with Crippen LogP contribution in [0.2, 0.25) is 0 Å². The van der Waals surface area contributed by atoms with Crippen molar-refractivity contribution in [2.75, 3.05) is 13.1 Å². The number of benzene rings is 1. The molecule has 0 fully saturated rings. The minimum absolute atomic E-state index is 0.0204. The monoisotopic (exact) mass is 356 g/mol. The molecule has 0 saturated carbocycles. The van der Waals surface area contributed by atoms with Crippen LogP contribution in [0.25, 0.3) is 16.7 Å². The number of aryl methyl sites for hydroxylation is 1. The molecule has 0 bridgehead atoms. The van der Waals surface area contributed by atoms with E-state index in [1.54, 1.807) is 13.1 Å². The predicted octanol–water partition coefficient (Wildman–Crippen LogP) is 0.928. The van der Waals surface area contributed by atoms with Crippen LogP contribution in [0.3, 0.4) is 0 Å². The highest BCUT2D eigenvalue weighted by Crippen LogP contribution is 2.15. The quantitative estimate of drug-likeness (QED) is 0.710. The number of hydrogen-bond acceptors (Lipinski definition) is 5. The van der Waals surface area contributed by atoms with Gasteiger partial charge in [-0.2, -0.15) is 0 Å². The van der Waals surface area contributed by atoms with Gasteiger partial charge in [-0.05, 0) is 32.5 Å². The molecule has 3 aromatic rings. The van der Waals surface area contributed by atoms with Crippen LogP contribution >= 0.6 is 0 Å². The summed E-state index contributed by atoms with van der Waals surface area (Å²) in [6.45, 7) is 7.32. The average molecular weight is 356 g/mol. The van der Waals surface area contributed by atoms with E-state index < -0.39 is 0 Å². The Morgan fingerprint density at radius 3 is 2.69 bits per heavy atom. The Bertz CT molecular complexity index is 1000. The van der Waals surface area contributed by atoms with Crippen LogP contribution in [-0.2, 0) is 18.4 Å². The van der Waals surface area contributed by atoms with Crippen LogP contribution < -0.4 is 10.9 Å². The normalized spacial score (nSPS) is 11.8. The van der Waals surface area contributed by atoms with E-state index in [1.807, 2.05) is 48.3 Å². The number of carbonyl (C=O) groups is 1. The Labute approximate surface area is 151 Å². The number of fused-ring (bicyclic) bond motifs is 3. The zero-order valence-electron chi connectivity index (χ0n) is 15.6. The molecule has 1 aromatic carbocycles. The summed E-state index contributed by atoms with van der Waals surface area (Å²) in [6.07, 6.45) is 0. The zero-order valence-corrected chi connectivity index (χ0v) is 15.6. The van der Waals surface area contributed by atoms with Crippen molar-refractivity contribution in [1.82, 2.24) is 29.4 Å². The summed E-state index contributed by atoms with van der Waals surface area (Å²) >= 11 is 0. The Morgan fingerprint density at radius 2 is 2.00 bits per heavy atom. The molecule has 0 saturated heterocycles. The molecular weight excluding hydrogens is 332 g/mol. The lowest BCUT2D eigenvalue weighted by atomic mass is 10.2. The second kappa shape index (κ2) is 7.25. The second-order valence-corrected chi connectivity index (χ2v) is 6.66. The number of nitrogens with one attached hydrogen (secondary N) is 1. The van der Waals surface area contributed by atoms with E-state index in [0.717, 1.165) is 5.52 Å². The fraction of sp³-hybridized carbons (Fsp3) is 0.444. The number of likely N-dealkylation sites (N-methyl/N-ethyl adjacent to an activating group) is 1. The van der Waals surface area contributed by atoms with Crippen LogP contribution in [-0.4, -0.2) is 49.1 Å².